The first-order chi connectivity index (χ1) is 11.5. The van der Waals surface area contributed by atoms with E-state index in [1.54, 1.807) is 14.2 Å². The van der Waals surface area contributed by atoms with Crippen molar-refractivity contribution in [3.63, 3.8) is 0 Å². The number of fused-ring (bicyclic) bond motifs is 3. The van der Waals surface area contributed by atoms with E-state index in [1.165, 1.54) is 7.11 Å². The van der Waals surface area contributed by atoms with Crippen molar-refractivity contribution < 1.29 is 23.8 Å². The Morgan fingerprint density at radius 2 is 1.83 bits per heavy atom. The van der Waals surface area contributed by atoms with Crippen LogP contribution >= 0.6 is 0 Å². The average Bonchev–Trinajstić information content (AvgIpc) is 2.59. The molecule has 1 aromatic carbocycles. The van der Waals surface area contributed by atoms with Crippen LogP contribution in [-0.2, 0) is 20.7 Å². The highest BCUT2D eigenvalue weighted by atomic mass is 16.5. The summed E-state index contributed by atoms with van der Waals surface area (Å²) in [5.74, 6) is 0.651. The highest BCUT2D eigenvalue weighted by Gasteiger charge is 2.47. The van der Waals surface area contributed by atoms with Gasteiger partial charge in [-0.15, -0.1) is 0 Å². The van der Waals surface area contributed by atoms with Crippen LogP contribution in [0.3, 0.4) is 0 Å². The summed E-state index contributed by atoms with van der Waals surface area (Å²) >= 11 is 0. The number of rotatable bonds is 3. The Morgan fingerprint density at radius 3 is 2.46 bits per heavy atom. The molecule has 0 aromatic heterocycles. The lowest BCUT2D eigenvalue weighted by Crippen LogP contribution is -2.51. The van der Waals surface area contributed by atoms with Gasteiger partial charge in [-0.25, -0.2) is 0 Å². The van der Waals surface area contributed by atoms with Gasteiger partial charge in [0.25, 0.3) is 0 Å². The number of amides is 1. The van der Waals surface area contributed by atoms with Gasteiger partial charge in [-0.3, -0.25) is 9.59 Å². The van der Waals surface area contributed by atoms with Crippen LogP contribution in [0.25, 0.3) is 0 Å². The van der Waals surface area contributed by atoms with Crippen molar-refractivity contribution in [1.82, 2.24) is 4.90 Å². The number of esters is 1. The van der Waals surface area contributed by atoms with Gasteiger partial charge in [0.05, 0.1) is 33.3 Å². The molecule has 2 aliphatic rings. The molecular formula is C18H23NO5. The van der Waals surface area contributed by atoms with Crippen LogP contribution in [0, 0.1) is 11.8 Å². The Balaban J connectivity index is 2.13. The molecule has 3 rings (SSSR count). The van der Waals surface area contributed by atoms with Crippen LogP contribution in [0.1, 0.15) is 30.5 Å². The molecule has 3 atom stereocenters. The van der Waals surface area contributed by atoms with E-state index >= 15 is 0 Å². The van der Waals surface area contributed by atoms with E-state index in [4.69, 9.17) is 14.2 Å². The summed E-state index contributed by atoms with van der Waals surface area (Å²) < 4.78 is 15.8. The van der Waals surface area contributed by atoms with Gasteiger partial charge in [-0.05, 0) is 35.6 Å². The second kappa shape index (κ2) is 6.34. The lowest BCUT2D eigenvalue weighted by atomic mass is 9.74. The molecule has 1 saturated heterocycles. The molecule has 0 radical (unpaired) electrons. The molecule has 1 aromatic rings. The fourth-order valence-corrected chi connectivity index (χ4v) is 3.97. The minimum absolute atomic E-state index is 0.0646. The summed E-state index contributed by atoms with van der Waals surface area (Å²) in [4.78, 5) is 26.7. The molecule has 24 heavy (non-hydrogen) atoms. The molecule has 0 spiro atoms. The van der Waals surface area contributed by atoms with E-state index in [-0.39, 0.29) is 29.8 Å². The van der Waals surface area contributed by atoms with E-state index < -0.39 is 0 Å². The van der Waals surface area contributed by atoms with E-state index in [1.807, 2.05) is 24.0 Å². The number of hydrogen-bond donors (Lipinski definition) is 0. The Kier molecular flexibility index (Phi) is 4.39. The summed E-state index contributed by atoms with van der Waals surface area (Å²) in [6.07, 6.45) is 1.11. The molecule has 0 bridgehead atoms. The second-order valence-corrected chi connectivity index (χ2v) is 6.42. The van der Waals surface area contributed by atoms with E-state index in [0.717, 1.165) is 17.5 Å². The first-order valence-electron chi connectivity index (χ1n) is 8.13. The van der Waals surface area contributed by atoms with E-state index in [0.29, 0.717) is 24.5 Å². The zero-order chi connectivity index (χ0) is 17.4. The maximum Gasteiger partial charge on any atom is 0.311 e. The van der Waals surface area contributed by atoms with Gasteiger partial charge in [0, 0.05) is 13.0 Å². The Labute approximate surface area is 141 Å². The summed E-state index contributed by atoms with van der Waals surface area (Å²) in [6, 6.07) is 3.54. The predicted molar refractivity (Wildman–Crippen MR) is 87.0 cm³/mol. The first kappa shape index (κ1) is 16.6. The van der Waals surface area contributed by atoms with Gasteiger partial charge in [0.15, 0.2) is 11.5 Å². The number of ether oxygens (including phenoxy) is 3. The first-order valence-corrected chi connectivity index (χ1v) is 8.13. The molecule has 6 heteroatoms. The summed E-state index contributed by atoms with van der Waals surface area (Å²) in [7, 11) is 4.58. The smallest absolute Gasteiger partial charge is 0.311 e. The van der Waals surface area contributed by atoms with Gasteiger partial charge in [0.2, 0.25) is 5.91 Å². The predicted octanol–water partition coefficient (Wildman–Crippen LogP) is 1.96. The van der Waals surface area contributed by atoms with Gasteiger partial charge in [0.1, 0.15) is 0 Å². The zero-order valence-corrected chi connectivity index (χ0v) is 14.5. The number of carbonyl (C=O) groups is 2. The highest BCUT2D eigenvalue weighted by Crippen LogP contribution is 2.46. The molecule has 1 amide bonds. The fraction of sp³-hybridized carbons (Fsp3) is 0.556. The van der Waals surface area contributed by atoms with Crippen molar-refractivity contribution in [2.24, 2.45) is 11.8 Å². The van der Waals surface area contributed by atoms with E-state index in [2.05, 4.69) is 0 Å². The Morgan fingerprint density at radius 1 is 1.17 bits per heavy atom. The Hall–Kier alpha value is -2.24. The van der Waals surface area contributed by atoms with Crippen LogP contribution in [0.2, 0.25) is 0 Å². The topological polar surface area (TPSA) is 65.1 Å². The van der Waals surface area contributed by atoms with Crippen molar-refractivity contribution in [2.75, 3.05) is 27.9 Å². The van der Waals surface area contributed by atoms with Gasteiger partial charge in [-0.1, -0.05) is 6.92 Å². The molecule has 1 fully saturated rings. The Bertz CT molecular complexity index is 672. The third kappa shape index (κ3) is 2.50. The highest BCUT2D eigenvalue weighted by molar-refractivity contribution is 5.83. The van der Waals surface area contributed by atoms with Crippen molar-refractivity contribution in [1.29, 1.82) is 0 Å². The second-order valence-electron chi connectivity index (χ2n) is 6.42. The SMILES string of the molecule is COC(=O)[C@@H]1C(C)CC(=O)N2CCc3cc(OC)c(OC)cc3[C@@H]12. The van der Waals surface area contributed by atoms with E-state index in [9.17, 15) is 9.59 Å². The van der Waals surface area contributed by atoms with Gasteiger partial charge in [-0.2, -0.15) is 0 Å². The van der Waals surface area contributed by atoms with Gasteiger partial charge >= 0.3 is 5.97 Å². The average molecular weight is 333 g/mol. The molecule has 0 N–H and O–H groups in total. The molecule has 0 saturated carbocycles. The van der Waals surface area contributed by atoms with Crippen molar-refractivity contribution >= 4 is 11.9 Å². The fourth-order valence-electron chi connectivity index (χ4n) is 3.97. The number of benzene rings is 1. The van der Waals surface area contributed by atoms with Crippen LogP contribution in [-0.4, -0.2) is 44.7 Å². The van der Waals surface area contributed by atoms with Crippen LogP contribution in [0.15, 0.2) is 12.1 Å². The lowest BCUT2D eigenvalue weighted by molar-refractivity contribution is -0.159. The molecule has 2 heterocycles. The van der Waals surface area contributed by atoms with Gasteiger partial charge < -0.3 is 19.1 Å². The minimum Gasteiger partial charge on any atom is -0.493 e. The normalized spacial score (nSPS) is 25.6. The maximum atomic E-state index is 12.5. The quantitative estimate of drug-likeness (QED) is 0.791. The number of nitrogens with zero attached hydrogens (tertiary/aromatic N) is 1. The largest absolute Gasteiger partial charge is 0.493 e. The van der Waals surface area contributed by atoms with Crippen LogP contribution in [0.4, 0.5) is 0 Å². The summed E-state index contributed by atoms with van der Waals surface area (Å²) in [5, 5.41) is 0. The number of hydrogen-bond acceptors (Lipinski definition) is 5. The third-order valence-corrected chi connectivity index (χ3v) is 5.17. The van der Waals surface area contributed by atoms with Crippen LogP contribution in [0.5, 0.6) is 11.5 Å². The van der Waals surface area contributed by atoms with Crippen molar-refractivity contribution in [3.05, 3.63) is 23.3 Å². The molecule has 2 aliphatic heterocycles. The number of methoxy groups -OCH3 is 3. The molecule has 130 valence electrons. The number of carbonyl (C=O) groups excluding carboxylic acids is 2. The molecule has 1 unspecified atom stereocenters. The van der Waals surface area contributed by atoms with Crippen molar-refractivity contribution in [3.8, 4) is 11.5 Å². The maximum absolute atomic E-state index is 12.5. The molecule has 6 nitrogen and oxygen atoms in total. The summed E-state index contributed by atoms with van der Waals surface area (Å²) in [5.41, 5.74) is 2.04. The zero-order valence-electron chi connectivity index (χ0n) is 14.5. The molecule has 0 aliphatic carbocycles. The number of piperidine rings is 1. The van der Waals surface area contributed by atoms with Crippen molar-refractivity contribution in [2.45, 2.75) is 25.8 Å². The third-order valence-electron chi connectivity index (χ3n) is 5.17. The summed E-state index contributed by atoms with van der Waals surface area (Å²) in [6.45, 7) is 2.54. The van der Waals surface area contributed by atoms with Crippen LogP contribution < -0.4 is 9.47 Å². The molecular weight excluding hydrogens is 310 g/mol. The lowest BCUT2D eigenvalue weighted by Gasteiger charge is -2.46. The monoisotopic (exact) mass is 333 g/mol. The minimum atomic E-state index is -0.371. The standard InChI is InChI=1S/C18H23NO5/c1-10-7-15(20)19-6-5-11-8-13(22-2)14(23-3)9-12(11)17(19)16(10)18(21)24-4/h8-10,16-17H,5-7H2,1-4H3/t10?,16-,17+/m1/s1.